The summed E-state index contributed by atoms with van der Waals surface area (Å²) in [5, 5.41) is 0. The maximum Gasteiger partial charge on any atom is 0.120 e. The van der Waals surface area contributed by atoms with Crippen molar-refractivity contribution in [3.8, 4) is 0 Å². The predicted octanol–water partition coefficient (Wildman–Crippen LogP) is 1.44. The molecular weight excluding hydrogens is 206 g/mol. The van der Waals surface area contributed by atoms with Crippen LogP contribution in [0.1, 0.15) is 18.4 Å². The van der Waals surface area contributed by atoms with E-state index in [2.05, 4.69) is 0 Å². The summed E-state index contributed by atoms with van der Waals surface area (Å²) in [5.41, 5.74) is 6.72. The fourth-order valence-electron chi connectivity index (χ4n) is 1.18. The SMILES string of the molecule is N[C@H](CCC=O)COOCc1ccccc1. The van der Waals surface area contributed by atoms with E-state index in [4.69, 9.17) is 15.5 Å². The van der Waals surface area contributed by atoms with Crippen molar-refractivity contribution in [2.24, 2.45) is 5.73 Å². The summed E-state index contributed by atoms with van der Waals surface area (Å²) >= 11 is 0. The molecule has 4 heteroatoms. The Morgan fingerprint density at radius 1 is 1.25 bits per heavy atom. The van der Waals surface area contributed by atoms with E-state index in [1.165, 1.54) is 0 Å². The average Bonchev–Trinajstić information content (AvgIpc) is 2.33. The lowest BCUT2D eigenvalue weighted by molar-refractivity contribution is -0.306. The summed E-state index contributed by atoms with van der Waals surface area (Å²) in [6.07, 6.45) is 1.94. The Hall–Kier alpha value is -1.23. The Balaban J connectivity index is 2.05. The standard InChI is InChI=1S/C12H17NO3/c13-12(7-4-8-14)10-16-15-9-11-5-2-1-3-6-11/h1-3,5-6,8,12H,4,7,9-10,13H2/t12-/m1/s1. The smallest absolute Gasteiger partial charge is 0.120 e. The average molecular weight is 223 g/mol. The van der Waals surface area contributed by atoms with Gasteiger partial charge in [0.25, 0.3) is 0 Å². The van der Waals surface area contributed by atoms with E-state index in [-0.39, 0.29) is 6.04 Å². The maximum absolute atomic E-state index is 10.1. The van der Waals surface area contributed by atoms with Gasteiger partial charge in [0.2, 0.25) is 0 Å². The highest BCUT2D eigenvalue weighted by molar-refractivity contribution is 5.49. The first-order valence-corrected chi connectivity index (χ1v) is 5.30. The van der Waals surface area contributed by atoms with E-state index in [9.17, 15) is 4.79 Å². The second kappa shape index (κ2) is 7.98. The zero-order valence-electron chi connectivity index (χ0n) is 9.17. The van der Waals surface area contributed by atoms with Gasteiger partial charge in [0.15, 0.2) is 0 Å². The molecule has 0 radical (unpaired) electrons. The summed E-state index contributed by atoms with van der Waals surface area (Å²) in [4.78, 5) is 20.1. The molecule has 0 aliphatic carbocycles. The number of rotatable bonds is 8. The van der Waals surface area contributed by atoms with Crippen molar-refractivity contribution in [1.29, 1.82) is 0 Å². The number of hydrogen-bond acceptors (Lipinski definition) is 4. The van der Waals surface area contributed by atoms with Gasteiger partial charge < -0.3 is 10.5 Å². The molecule has 0 unspecified atom stereocenters. The number of aldehydes is 1. The van der Waals surface area contributed by atoms with Crippen LogP contribution in [0.5, 0.6) is 0 Å². The molecule has 0 amide bonds. The van der Waals surface area contributed by atoms with E-state index in [1.807, 2.05) is 30.3 Å². The third-order valence-electron chi connectivity index (χ3n) is 2.09. The molecule has 1 aromatic rings. The van der Waals surface area contributed by atoms with Crippen LogP contribution in [0.15, 0.2) is 30.3 Å². The van der Waals surface area contributed by atoms with Gasteiger partial charge in [-0.1, -0.05) is 30.3 Å². The summed E-state index contributed by atoms with van der Waals surface area (Å²) in [6, 6.07) is 9.58. The molecule has 0 aliphatic rings. The van der Waals surface area contributed by atoms with Gasteiger partial charge in [0, 0.05) is 12.5 Å². The third kappa shape index (κ3) is 5.60. The molecule has 4 nitrogen and oxygen atoms in total. The van der Waals surface area contributed by atoms with Crippen LogP contribution >= 0.6 is 0 Å². The molecule has 0 saturated heterocycles. The molecule has 0 aromatic heterocycles. The monoisotopic (exact) mass is 223 g/mol. The number of carbonyl (C=O) groups excluding carboxylic acids is 1. The normalized spacial score (nSPS) is 12.3. The van der Waals surface area contributed by atoms with Gasteiger partial charge in [0.05, 0.1) is 6.61 Å². The van der Waals surface area contributed by atoms with E-state index in [1.54, 1.807) is 0 Å². The highest BCUT2D eigenvalue weighted by Gasteiger charge is 2.02. The van der Waals surface area contributed by atoms with E-state index in [0.29, 0.717) is 26.1 Å². The van der Waals surface area contributed by atoms with Gasteiger partial charge in [-0.2, -0.15) is 0 Å². The Bertz CT molecular complexity index is 290. The minimum absolute atomic E-state index is 0.152. The zero-order chi connectivity index (χ0) is 11.6. The fourth-order valence-corrected chi connectivity index (χ4v) is 1.18. The molecule has 0 fully saturated rings. The van der Waals surface area contributed by atoms with Gasteiger partial charge in [-0.25, -0.2) is 9.78 Å². The van der Waals surface area contributed by atoms with Crippen LogP contribution in [-0.2, 0) is 21.2 Å². The van der Waals surface area contributed by atoms with E-state index >= 15 is 0 Å². The van der Waals surface area contributed by atoms with E-state index < -0.39 is 0 Å². The highest BCUT2D eigenvalue weighted by Crippen LogP contribution is 2.01. The van der Waals surface area contributed by atoms with Gasteiger partial charge in [-0.15, -0.1) is 0 Å². The Kier molecular flexibility index (Phi) is 6.41. The van der Waals surface area contributed by atoms with Crippen LogP contribution in [0.2, 0.25) is 0 Å². The van der Waals surface area contributed by atoms with Crippen molar-refractivity contribution in [1.82, 2.24) is 0 Å². The molecule has 1 rings (SSSR count). The van der Waals surface area contributed by atoms with Crippen molar-refractivity contribution in [3.05, 3.63) is 35.9 Å². The Morgan fingerprint density at radius 3 is 2.69 bits per heavy atom. The van der Waals surface area contributed by atoms with Crippen LogP contribution in [0.25, 0.3) is 0 Å². The summed E-state index contributed by atoms with van der Waals surface area (Å²) in [6.45, 7) is 0.710. The van der Waals surface area contributed by atoms with Crippen LogP contribution in [0.3, 0.4) is 0 Å². The summed E-state index contributed by atoms with van der Waals surface area (Å²) in [7, 11) is 0. The molecule has 0 heterocycles. The second-order valence-corrected chi connectivity index (χ2v) is 3.54. The lowest BCUT2D eigenvalue weighted by atomic mass is 10.2. The van der Waals surface area contributed by atoms with Gasteiger partial charge in [0.1, 0.15) is 12.9 Å². The second-order valence-electron chi connectivity index (χ2n) is 3.54. The quantitative estimate of drug-likeness (QED) is 0.313. The fraction of sp³-hybridized carbons (Fsp3) is 0.417. The first-order chi connectivity index (χ1) is 7.83. The first kappa shape index (κ1) is 12.8. The van der Waals surface area contributed by atoms with Crippen LogP contribution < -0.4 is 5.73 Å². The molecule has 1 atom stereocenters. The van der Waals surface area contributed by atoms with Crippen molar-refractivity contribution in [3.63, 3.8) is 0 Å². The Morgan fingerprint density at radius 2 is 2.00 bits per heavy atom. The van der Waals surface area contributed by atoms with Crippen LogP contribution in [-0.4, -0.2) is 18.9 Å². The van der Waals surface area contributed by atoms with E-state index in [0.717, 1.165) is 11.8 Å². The van der Waals surface area contributed by atoms with Crippen molar-refractivity contribution >= 4 is 6.29 Å². The van der Waals surface area contributed by atoms with Gasteiger partial charge in [-0.05, 0) is 12.0 Å². The Labute approximate surface area is 95.3 Å². The minimum Gasteiger partial charge on any atom is -0.326 e. The highest BCUT2D eigenvalue weighted by atomic mass is 17.2. The summed E-state index contributed by atoms with van der Waals surface area (Å²) in [5.74, 6) is 0. The molecule has 0 aliphatic heterocycles. The zero-order valence-corrected chi connectivity index (χ0v) is 9.17. The molecule has 1 aromatic carbocycles. The minimum atomic E-state index is -0.152. The van der Waals surface area contributed by atoms with Crippen molar-refractivity contribution < 1.29 is 14.6 Å². The van der Waals surface area contributed by atoms with Crippen molar-refractivity contribution in [2.45, 2.75) is 25.5 Å². The molecule has 2 N–H and O–H groups in total. The topological polar surface area (TPSA) is 61.6 Å². The van der Waals surface area contributed by atoms with Crippen LogP contribution in [0, 0.1) is 0 Å². The summed E-state index contributed by atoms with van der Waals surface area (Å²) < 4.78 is 0. The molecule has 0 bridgehead atoms. The van der Waals surface area contributed by atoms with Crippen LogP contribution in [0.4, 0.5) is 0 Å². The third-order valence-corrected chi connectivity index (χ3v) is 2.09. The van der Waals surface area contributed by atoms with Gasteiger partial charge in [-0.3, -0.25) is 0 Å². The lowest BCUT2D eigenvalue weighted by Crippen LogP contribution is -2.26. The number of carbonyl (C=O) groups is 1. The maximum atomic E-state index is 10.1. The predicted molar refractivity (Wildman–Crippen MR) is 60.5 cm³/mol. The molecule has 16 heavy (non-hydrogen) atoms. The molecule has 0 spiro atoms. The van der Waals surface area contributed by atoms with Crippen molar-refractivity contribution in [2.75, 3.05) is 6.61 Å². The number of hydrogen-bond donors (Lipinski definition) is 1. The largest absolute Gasteiger partial charge is 0.326 e. The lowest BCUT2D eigenvalue weighted by Gasteiger charge is -2.09. The molecule has 0 saturated carbocycles. The number of nitrogens with two attached hydrogens (primary N) is 1. The van der Waals surface area contributed by atoms with Gasteiger partial charge >= 0.3 is 0 Å². The molecule has 88 valence electrons. The molecular formula is C12H17NO3. The first-order valence-electron chi connectivity index (χ1n) is 5.30. The number of benzene rings is 1.